The van der Waals surface area contributed by atoms with Gasteiger partial charge in [0.05, 0.1) is 10.9 Å². The molecule has 5 rings (SSSR count). The fourth-order valence-corrected chi connectivity index (χ4v) is 6.37. The van der Waals surface area contributed by atoms with Crippen LogP contribution in [0, 0.1) is 11.7 Å². The lowest BCUT2D eigenvalue weighted by molar-refractivity contribution is 0.146. The maximum Gasteiger partial charge on any atom is 0.266 e. The Kier molecular flexibility index (Phi) is 6.86. The Hall–Kier alpha value is -2.48. The molecule has 0 radical (unpaired) electrons. The SMILES string of the molecule is C=S1CCC(c2cc3c(NCc4cccc(C(F)F)c4F)ncnc3nc2CC2CCC2)CC1. The second-order valence-corrected chi connectivity index (χ2v) is 11.4. The van der Waals surface area contributed by atoms with Crippen molar-refractivity contribution < 1.29 is 13.2 Å². The number of benzene rings is 1. The van der Waals surface area contributed by atoms with Crippen LogP contribution in [0.2, 0.25) is 0 Å². The lowest BCUT2D eigenvalue weighted by atomic mass is 9.79. The Morgan fingerprint density at radius 1 is 1.12 bits per heavy atom. The van der Waals surface area contributed by atoms with E-state index in [1.165, 1.54) is 43.3 Å². The van der Waals surface area contributed by atoms with E-state index in [2.05, 4.69) is 27.2 Å². The molecular formula is C26H29F3N4S. The molecule has 0 atom stereocenters. The molecule has 2 fully saturated rings. The number of hydrogen-bond acceptors (Lipinski definition) is 4. The number of fused-ring (bicyclic) bond motifs is 1. The third-order valence-electron chi connectivity index (χ3n) is 7.18. The molecule has 0 bridgehead atoms. The van der Waals surface area contributed by atoms with E-state index in [4.69, 9.17) is 4.98 Å². The normalized spacial score (nSPS) is 21.1. The molecule has 0 amide bonds. The molecule has 1 N–H and O–H groups in total. The Labute approximate surface area is 200 Å². The van der Waals surface area contributed by atoms with Crippen LogP contribution in [0.4, 0.5) is 19.0 Å². The minimum atomic E-state index is -2.85. The number of halogens is 3. The van der Waals surface area contributed by atoms with Crippen molar-refractivity contribution in [2.24, 2.45) is 5.92 Å². The topological polar surface area (TPSA) is 50.7 Å². The van der Waals surface area contributed by atoms with E-state index in [1.54, 1.807) is 0 Å². The Morgan fingerprint density at radius 3 is 2.62 bits per heavy atom. The molecule has 3 aromatic rings. The van der Waals surface area contributed by atoms with Gasteiger partial charge in [0.25, 0.3) is 6.43 Å². The highest BCUT2D eigenvalue weighted by molar-refractivity contribution is 8.14. The number of aromatic nitrogens is 3. The van der Waals surface area contributed by atoms with E-state index in [-0.39, 0.29) is 22.6 Å². The Balaban J connectivity index is 1.47. The van der Waals surface area contributed by atoms with Crippen molar-refractivity contribution in [2.75, 3.05) is 16.8 Å². The molecule has 180 valence electrons. The second-order valence-electron chi connectivity index (χ2n) is 9.39. The second kappa shape index (κ2) is 10.0. The summed E-state index contributed by atoms with van der Waals surface area (Å²) < 4.78 is 40.7. The fourth-order valence-electron chi connectivity index (χ4n) is 4.93. The van der Waals surface area contributed by atoms with Crippen LogP contribution in [-0.4, -0.2) is 32.3 Å². The summed E-state index contributed by atoms with van der Waals surface area (Å²) in [5.41, 5.74) is 2.63. The van der Waals surface area contributed by atoms with E-state index in [0.29, 0.717) is 23.3 Å². The average Bonchev–Trinajstić information content (AvgIpc) is 2.80. The van der Waals surface area contributed by atoms with Gasteiger partial charge >= 0.3 is 0 Å². The van der Waals surface area contributed by atoms with Crippen LogP contribution < -0.4 is 5.32 Å². The third-order valence-corrected chi connectivity index (χ3v) is 8.81. The van der Waals surface area contributed by atoms with Gasteiger partial charge in [-0.3, -0.25) is 0 Å². The summed E-state index contributed by atoms with van der Waals surface area (Å²) >= 11 is 0. The first-order valence-corrected chi connectivity index (χ1v) is 13.6. The van der Waals surface area contributed by atoms with E-state index in [9.17, 15) is 13.2 Å². The highest BCUT2D eigenvalue weighted by atomic mass is 32.2. The number of hydrogen-bond donors (Lipinski definition) is 1. The van der Waals surface area contributed by atoms with Crippen LogP contribution in [-0.2, 0) is 13.0 Å². The fraction of sp³-hybridized carbons (Fsp3) is 0.462. The average molecular weight is 487 g/mol. The van der Waals surface area contributed by atoms with Crippen LogP contribution in [0.5, 0.6) is 0 Å². The van der Waals surface area contributed by atoms with E-state index in [0.717, 1.165) is 47.9 Å². The first-order valence-electron chi connectivity index (χ1n) is 11.9. The summed E-state index contributed by atoms with van der Waals surface area (Å²) in [6.07, 6.45) is 5.61. The predicted octanol–water partition coefficient (Wildman–Crippen LogP) is 6.63. The lowest BCUT2D eigenvalue weighted by Crippen LogP contribution is -2.19. The Bertz CT molecular complexity index is 1200. The maximum atomic E-state index is 14.5. The first-order chi connectivity index (χ1) is 16.5. The van der Waals surface area contributed by atoms with Gasteiger partial charge in [-0.05, 0) is 54.2 Å². The Morgan fingerprint density at radius 2 is 1.91 bits per heavy atom. The van der Waals surface area contributed by atoms with Gasteiger partial charge in [-0.2, -0.15) is 10.5 Å². The number of nitrogens with one attached hydrogen (secondary N) is 1. The number of pyridine rings is 1. The molecule has 4 nitrogen and oxygen atoms in total. The van der Waals surface area contributed by atoms with Gasteiger partial charge in [0, 0.05) is 17.8 Å². The summed E-state index contributed by atoms with van der Waals surface area (Å²) in [7, 11) is 0.248. The highest BCUT2D eigenvalue weighted by Crippen LogP contribution is 2.39. The van der Waals surface area contributed by atoms with Gasteiger partial charge in [0.15, 0.2) is 5.65 Å². The van der Waals surface area contributed by atoms with Gasteiger partial charge < -0.3 is 5.32 Å². The maximum absolute atomic E-state index is 14.5. The van der Waals surface area contributed by atoms with E-state index < -0.39 is 17.8 Å². The van der Waals surface area contributed by atoms with Crippen molar-refractivity contribution in [1.29, 1.82) is 0 Å². The summed E-state index contributed by atoms with van der Waals surface area (Å²) in [4.78, 5) is 13.8. The van der Waals surface area contributed by atoms with Crippen LogP contribution in [0.15, 0.2) is 30.6 Å². The van der Waals surface area contributed by atoms with Crippen molar-refractivity contribution in [2.45, 2.75) is 57.4 Å². The first kappa shape index (κ1) is 23.3. The van der Waals surface area contributed by atoms with Crippen molar-refractivity contribution in [3.63, 3.8) is 0 Å². The minimum absolute atomic E-state index is 0.0470. The quantitative estimate of drug-likeness (QED) is 0.381. The van der Waals surface area contributed by atoms with Crippen molar-refractivity contribution >= 4 is 33.2 Å². The molecule has 1 aliphatic heterocycles. The van der Waals surface area contributed by atoms with Crippen LogP contribution in [0.1, 0.15) is 66.8 Å². The molecule has 1 aliphatic carbocycles. The summed E-state index contributed by atoms with van der Waals surface area (Å²) in [6, 6.07) is 6.24. The van der Waals surface area contributed by atoms with Gasteiger partial charge in [0.2, 0.25) is 0 Å². The largest absolute Gasteiger partial charge is 0.365 e. The van der Waals surface area contributed by atoms with E-state index in [1.807, 2.05) is 0 Å². The molecule has 1 saturated heterocycles. The van der Waals surface area contributed by atoms with Crippen LogP contribution in [0.3, 0.4) is 0 Å². The molecule has 3 heterocycles. The van der Waals surface area contributed by atoms with Crippen molar-refractivity contribution in [3.05, 3.63) is 58.8 Å². The monoisotopic (exact) mass is 486 g/mol. The summed E-state index contributed by atoms with van der Waals surface area (Å²) in [5.74, 6) is 7.36. The molecular weight excluding hydrogens is 457 g/mol. The van der Waals surface area contributed by atoms with E-state index >= 15 is 0 Å². The zero-order chi connectivity index (χ0) is 23.7. The molecule has 0 unspecified atom stereocenters. The number of rotatable bonds is 7. The summed E-state index contributed by atoms with van der Waals surface area (Å²) in [6.45, 7) is 0.0470. The third kappa shape index (κ3) is 4.83. The molecule has 8 heteroatoms. The van der Waals surface area contributed by atoms with Gasteiger partial charge in [-0.25, -0.2) is 28.1 Å². The molecule has 2 aromatic heterocycles. The van der Waals surface area contributed by atoms with Gasteiger partial charge in [0.1, 0.15) is 18.0 Å². The van der Waals surface area contributed by atoms with Gasteiger partial charge in [-0.1, -0.05) is 43.3 Å². The number of nitrogens with zero attached hydrogens (tertiary/aromatic N) is 3. The van der Waals surface area contributed by atoms with Gasteiger partial charge in [-0.15, -0.1) is 0 Å². The molecule has 2 aliphatic rings. The summed E-state index contributed by atoms with van der Waals surface area (Å²) in [5, 5.41) is 3.94. The van der Waals surface area contributed by atoms with Crippen molar-refractivity contribution in [1.82, 2.24) is 15.0 Å². The molecule has 0 spiro atoms. The smallest absolute Gasteiger partial charge is 0.266 e. The zero-order valence-electron chi connectivity index (χ0n) is 19.1. The predicted molar refractivity (Wildman–Crippen MR) is 133 cm³/mol. The molecule has 34 heavy (non-hydrogen) atoms. The standard InChI is InChI=1S/C26H29F3N4S/c1-34-10-8-17(9-11-34)20-13-21-25(30-14-18-6-3-7-19(23(18)27)24(28)29)31-15-32-26(21)33-22(20)12-16-4-2-5-16/h3,6-7,13,15-17,24H,1-2,4-5,8-12,14H2,(H,30,31,32,33). The van der Waals surface area contributed by atoms with Crippen LogP contribution >= 0.6 is 10.5 Å². The molecule has 1 aromatic carbocycles. The zero-order valence-corrected chi connectivity index (χ0v) is 19.9. The number of anilines is 1. The highest BCUT2D eigenvalue weighted by Gasteiger charge is 2.26. The minimum Gasteiger partial charge on any atom is -0.365 e. The number of alkyl halides is 2. The molecule has 1 saturated carbocycles. The van der Waals surface area contributed by atoms with Crippen molar-refractivity contribution in [3.8, 4) is 0 Å². The lowest BCUT2D eigenvalue weighted by Gasteiger charge is -2.29. The van der Waals surface area contributed by atoms with Crippen LogP contribution in [0.25, 0.3) is 11.0 Å².